The zero-order chi connectivity index (χ0) is 27.2. The van der Waals surface area contributed by atoms with Gasteiger partial charge in [-0.25, -0.2) is 0 Å². The fraction of sp³-hybridized carbons (Fsp3) is 0.0303. The Balaban J connectivity index is 1.21. The maximum atomic E-state index is 13.1. The first kappa shape index (κ1) is 25.3. The van der Waals surface area contributed by atoms with E-state index in [0.29, 0.717) is 63.1 Å². The summed E-state index contributed by atoms with van der Waals surface area (Å²) >= 11 is 0. The number of carbonyl (C=O) groups is 2. The van der Waals surface area contributed by atoms with Gasteiger partial charge in [0.25, 0.3) is 0 Å². The fourth-order valence-corrected chi connectivity index (χ4v) is 3.98. The summed E-state index contributed by atoms with van der Waals surface area (Å²) in [5, 5.41) is 0. The van der Waals surface area contributed by atoms with Gasteiger partial charge in [0.15, 0.2) is 11.6 Å². The van der Waals surface area contributed by atoms with E-state index in [1.165, 1.54) is 0 Å². The summed E-state index contributed by atoms with van der Waals surface area (Å²) in [5.41, 5.74) is 14.8. The minimum atomic E-state index is -0.143. The molecule has 0 saturated carbocycles. The smallest absolute Gasteiger partial charge is 0.193 e. The van der Waals surface area contributed by atoms with Crippen molar-refractivity contribution in [2.45, 2.75) is 6.42 Å². The van der Waals surface area contributed by atoms with E-state index in [4.69, 9.17) is 20.9 Å². The summed E-state index contributed by atoms with van der Waals surface area (Å²) in [6, 6.07) is 27.8. The predicted molar refractivity (Wildman–Crippen MR) is 153 cm³/mol. The van der Waals surface area contributed by atoms with Gasteiger partial charge in [0.05, 0.1) is 0 Å². The van der Waals surface area contributed by atoms with Crippen molar-refractivity contribution in [2.75, 3.05) is 11.5 Å². The number of Topliss-reactive ketones (excluding diaryl/α,β-unsaturated/α-hetero) is 1. The lowest BCUT2D eigenvalue weighted by atomic mass is 9.98. The zero-order valence-electron chi connectivity index (χ0n) is 21.0. The average molecular weight is 515 g/mol. The lowest BCUT2D eigenvalue weighted by molar-refractivity contribution is 0.102. The normalized spacial score (nSPS) is 12.6. The van der Waals surface area contributed by atoms with E-state index in [1.54, 1.807) is 109 Å². The predicted octanol–water partition coefficient (Wildman–Crippen LogP) is 6.91. The fourth-order valence-electron chi connectivity index (χ4n) is 3.98. The van der Waals surface area contributed by atoms with E-state index in [9.17, 15) is 9.59 Å². The van der Waals surface area contributed by atoms with E-state index in [0.717, 1.165) is 0 Å². The first-order chi connectivity index (χ1) is 18.9. The molecular weight excluding hydrogens is 488 g/mol. The molecule has 0 saturated heterocycles. The number of benzene rings is 4. The largest absolute Gasteiger partial charge is 0.458 e. The highest BCUT2D eigenvalue weighted by atomic mass is 16.5. The quantitative estimate of drug-likeness (QED) is 0.196. The third kappa shape index (κ3) is 6.32. The highest BCUT2D eigenvalue weighted by Gasteiger charge is 2.14. The van der Waals surface area contributed by atoms with Crippen LogP contribution >= 0.6 is 0 Å². The molecule has 192 valence electrons. The number of ketones is 2. The Morgan fingerprint density at radius 2 is 0.949 bits per heavy atom. The van der Waals surface area contributed by atoms with Crippen LogP contribution in [-0.2, 0) is 0 Å². The zero-order valence-corrected chi connectivity index (χ0v) is 21.0. The molecule has 4 aromatic carbocycles. The lowest BCUT2D eigenvalue weighted by Gasteiger charge is -2.08. The van der Waals surface area contributed by atoms with Gasteiger partial charge in [0.1, 0.15) is 23.0 Å². The Bertz CT molecular complexity index is 1580. The molecule has 0 radical (unpaired) electrons. The number of carbonyl (C=O) groups excluding carboxylic acids is 2. The van der Waals surface area contributed by atoms with Crippen molar-refractivity contribution < 1.29 is 19.1 Å². The van der Waals surface area contributed by atoms with Crippen LogP contribution in [0.5, 0.6) is 17.2 Å². The van der Waals surface area contributed by atoms with Crippen LogP contribution in [0.3, 0.4) is 0 Å². The van der Waals surface area contributed by atoms with Gasteiger partial charge in [-0.1, -0.05) is 30.3 Å². The van der Waals surface area contributed by atoms with E-state index >= 15 is 0 Å². The van der Waals surface area contributed by atoms with Gasteiger partial charge >= 0.3 is 0 Å². The minimum Gasteiger partial charge on any atom is -0.458 e. The van der Waals surface area contributed by atoms with E-state index in [1.807, 2.05) is 12.2 Å². The molecule has 0 aromatic heterocycles. The molecule has 39 heavy (non-hydrogen) atoms. The van der Waals surface area contributed by atoms with Gasteiger partial charge in [-0.05, 0) is 97.4 Å². The van der Waals surface area contributed by atoms with Crippen LogP contribution in [-0.4, -0.2) is 11.6 Å². The Hall–Kier alpha value is -5.36. The molecule has 5 rings (SSSR count). The van der Waals surface area contributed by atoms with E-state index in [2.05, 4.69) is 0 Å². The van der Waals surface area contributed by atoms with Crippen molar-refractivity contribution >= 4 is 22.9 Å². The molecule has 0 aliphatic heterocycles. The van der Waals surface area contributed by atoms with Crippen molar-refractivity contribution in [3.8, 4) is 17.2 Å². The van der Waals surface area contributed by atoms with Crippen molar-refractivity contribution in [1.29, 1.82) is 0 Å². The first-order valence-corrected chi connectivity index (χ1v) is 12.4. The van der Waals surface area contributed by atoms with Crippen LogP contribution in [0, 0.1) is 0 Å². The van der Waals surface area contributed by atoms with Gasteiger partial charge in [-0.2, -0.15) is 0 Å². The van der Waals surface area contributed by atoms with Crippen molar-refractivity contribution in [3.05, 3.63) is 149 Å². The highest BCUT2D eigenvalue weighted by molar-refractivity contribution is 6.12. The summed E-state index contributed by atoms with van der Waals surface area (Å²) in [5.74, 6) is 2.30. The minimum absolute atomic E-state index is 0.128. The number of rotatable bonds is 8. The number of hydrogen-bond donors (Lipinski definition) is 2. The third-order valence-corrected chi connectivity index (χ3v) is 6.10. The standard InChI is InChI=1S/C33H26N2O4/c34-26-11-18-30(19-12-26)38-28-3-1-2-22(8-15-28)32(36)23-4-6-24(7-5-23)33(37)25-9-16-29(17-10-25)39-31-20-13-27(35)14-21-31/h2-21H,1,34-35H2. The molecule has 0 bridgehead atoms. The van der Waals surface area contributed by atoms with Crippen LogP contribution in [0.4, 0.5) is 11.4 Å². The summed E-state index contributed by atoms with van der Waals surface area (Å²) in [6.45, 7) is 0. The second-order valence-corrected chi connectivity index (χ2v) is 8.94. The Kier molecular flexibility index (Phi) is 7.37. The van der Waals surface area contributed by atoms with Crippen molar-refractivity contribution in [2.24, 2.45) is 0 Å². The highest BCUT2D eigenvalue weighted by Crippen LogP contribution is 2.24. The number of nitrogens with two attached hydrogens (primary N) is 2. The van der Waals surface area contributed by atoms with E-state index < -0.39 is 0 Å². The molecule has 0 atom stereocenters. The summed E-state index contributed by atoms with van der Waals surface area (Å²) in [7, 11) is 0. The molecule has 0 fully saturated rings. The molecule has 1 aliphatic carbocycles. The molecule has 0 heterocycles. The van der Waals surface area contributed by atoms with Crippen molar-refractivity contribution in [3.63, 3.8) is 0 Å². The van der Waals surface area contributed by atoms with Crippen LogP contribution in [0.25, 0.3) is 0 Å². The van der Waals surface area contributed by atoms with Gasteiger partial charge in [-0.3, -0.25) is 9.59 Å². The summed E-state index contributed by atoms with van der Waals surface area (Å²) in [4.78, 5) is 26.1. The van der Waals surface area contributed by atoms with Gasteiger partial charge in [0.2, 0.25) is 0 Å². The van der Waals surface area contributed by atoms with Crippen LogP contribution in [0.2, 0.25) is 0 Å². The average Bonchev–Trinajstić information content (AvgIpc) is 3.21. The second-order valence-electron chi connectivity index (χ2n) is 8.94. The molecule has 0 spiro atoms. The maximum absolute atomic E-state index is 13.1. The summed E-state index contributed by atoms with van der Waals surface area (Å²) < 4.78 is 11.7. The van der Waals surface area contributed by atoms with Crippen molar-refractivity contribution in [1.82, 2.24) is 0 Å². The van der Waals surface area contributed by atoms with Gasteiger partial charge in [0, 0.05) is 33.6 Å². The Labute approximate surface area is 226 Å². The molecule has 0 amide bonds. The maximum Gasteiger partial charge on any atom is 0.193 e. The molecule has 0 unspecified atom stereocenters. The third-order valence-electron chi connectivity index (χ3n) is 6.10. The van der Waals surface area contributed by atoms with Crippen LogP contribution in [0.15, 0.2) is 133 Å². The molecule has 4 N–H and O–H groups in total. The SMILES string of the molecule is Nc1ccc(OC2=CCC=C(C(=O)c3ccc(C(=O)c4ccc(Oc5ccc(N)cc5)cc4)cc3)C=C2)cc1. The summed E-state index contributed by atoms with van der Waals surface area (Å²) in [6.07, 6.45) is 7.82. The molecule has 6 nitrogen and oxygen atoms in total. The molecule has 6 heteroatoms. The number of anilines is 2. The molecule has 1 aliphatic rings. The Morgan fingerprint density at radius 3 is 1.49 bits per heavy atom. The Morgan fingerprint density at radius 1 is 0.513 bits per heavy atom. The topological polar surface area (TPSA) is 105 Å². The number of allylic oxidation sites excluding steroid dienone is 5. The van der Waals surface area contributed by atoms with E-state index in [-0.39, 0.29) is 11.6 Å². The molecular formula is C33H26N2O4. The van der Waals surface area contributed by atoms with Gasteiger partial charge in [-0.15, -0.1) is 0 Å². The molecule has 4 aromatic rings. The van der Waals surface area contributed by atoms with Gasteiger partial charge < -0.3 is 20.9 Å². The first-order valence-electron chi connectivity index (χ1n) is 12.4. The second kappa shape index (κ2) is 11.4. The number of nitrogen functional groups attached to an aromatic ring is 2. The number of ether oxygens (including phenoxy) is 2. The lowest BCUT2D eigenvalue weighted by Crippen LogP contribution is -2.05. The number of hydrogen-bond acceptors (Lipinski definition) is 6. The monoisotopic (exact) mass is 514 g/mol. The van der Waals surface area contributed by atoms with Crippen LogP contribution < -0.4 is 20.9 Å². The van der Waals surface area contributed by atoms with Crippen LogP contribution in [0.1, 0.15) is 32.7 Å².